The standard InChI is InChI=1S/C29H32O4/c1-3-25-21(2)27(31-19-22-13-7-4-8-14-22)29(32-20-23-15-9-5-10-16-23)28(33-25)26(30)24-17-11-6-12-18-24/h4-18,21,25,27-29H,3,19-20H2,1-2H3/t21-,25-,27+,28+,29-/m1/s1. The summed E-state index contributed by atoms with van der Waals surface area (Å²) < 4.78 is 19.3. The zero-order valence-corrected chi connectivity index (χ0v) is 19.3. The molecule has 1 saturated heterocycles. The molecule has 1 heterocycles. The SMILES string of the molecule is CC[C@H]1O[C@@H](C(=O)c2ccccc2)[C@H](OCc2ccccc2)[C@@H](OCc2ccccc2)[C@@H]1C. The minimum atomic E-state index is -0.724. The van der Waals surface area contributed by atoms with Gasteiger partial charge in [-0.05, 0) is 17.5 Å². The van der Waals surface area contributed by atoms with Crippen LogP contribution in [0.2, 0.25) is 0 Å². The first-order chi connectivity index (χ1) is 16.2. The Morgan fingerprint density at radius 1 is 0.758 bits per heavy atom. The zero-order valence-electron chi connectivity index (χ0n) is 19.3. The second kappa shape index (κ2) is 11.4. The highest BCUT2D eigenvalue weighted by molar-refractivity contribution is 6.00. The summed E-state index contributed by atoms with van der Waals surface area (Å²) >= 11 is 0. The highest BCUT2D eigenvalue weighted by Gasteiger charge is 2.47. The third-order valence-corrected chi connectivity index (χ3v) is 6.34. The van der Waals surface area contributed by atoms with Crippen LogP contribution in [0.1, 0.15) is 41.8 Å². The number of carbonyl (C=O) groups is 1. The Balaban J connectivity index is 1.62. The predicted molar refractivity (Wildman–Crippen MR) is 129 cm³/mol. The number of hydrogen-bond acceptors (Lipinski definition) is 4. The molecule has 0 N–H and O–H groups in total. The van der Waals surface area contributed by atoms with Crippen LogP contribution in [0.4, 0.5) is 0 Å². The van der Waals surface area contributed by atoms with Crippen molar-refractivity contribution in [2.24, 2.45) is 5.92 Å². The molecule has 3 aromatic rings. The van der Waals surface area contributed by atoms with Gasteiger partial charge in [-0.2, -0.15) is 0 Å². The summed E-state index contributed by atoms with van der Waals surface area (Å²) in [5.74, 6) is 0.0200. The molecule has 0 bridgehead atoms. The largest absolute Gasteiger partial charge is 0.370 e. The van der Waals surface area contributed by atoms with Crippen LogP contribution in [0.5, 0.6) is 0 Å². The minimum absolute atomic E-state index is 0.0627. The van der Waals surface area contributed by atoms with Gasteiger partial charge in [0.15, 0.2) is 5.78 Å². The Bertz CT molecular complexity index is 990. The van der Waals surface area contributed by atoms with E-state index in [0.717, 1.165) is 17.5 Å². The fourth-order valence-electron chi connectivity index (χ4n) is 4.48. The van der Waals surface area contributed by atoms with E-state index in [0.29, 0.717) is 18.8 Å². The van der Waals surface area contributed by atoms with E-state index in [2.05, 4.69) is 13.8 Å². The van der Waals surface area contributed by atoms with Crippen LogP contribution in [0.3, 0.4) is 0 Å². The van der Waals surface area contributed by atoms with Crippen molar-refractivity contribution >= 4 is 5.78 Å². The quantitative estimate of drug-likeness (QED) is 0.388. The summed E-state index contributed by atoms with van der Waals surface area (Å²) in [6.07, 6.45) is -0.793. The number of ketones is 1. The molecule has 4 heteroatoms. The lowest BCUT2D eigenvalue weighted by molar-refractivity contribution is -0.218. The third-order valence-electron chi connectivity index (χ3n) is 6.34. The van der Waals surface area contributed by atoms with Gasteiger partial charge in [-0.3, -0.25) is 4.79 Å². The molecular weight excluding hydrogens is 412 g/mol. The maximum Gasteiger partial charge on any atom is 0.194 e. The lowest BCUT2D eigenvalue weighted by Crippen LogP contribution is -2.58. The Kier molecular flexibility index (Phi) is 8.05. The van der Waals surface area contributed by atoms with Crippen LogP contribution < -0.4 is 0 Å². The van der Waals surface area contributed by atoms with Gasteiger partial charge in [0.1, 0.15) is 12.2 Å². The molecule has 0 aliphatic carbocycles. The van der Waals surface area contributed by atoms with Crippen molar-refractivity contribution in [3.05, 3.63) is 108 Å². The molecule has 4 nitrogen and oxygen atoms in total. The number of hydrogen-bond donors (Lipinski definition) is 0. The Morgan fingerprint density at radius 2 is 1.24 bits per heavy atom. The normalized spacial score (nSPS) is 25.0. The maximum absolute atomic E-state index is 13.5. The molecule has 4 rings (SSSR count). The molecule has 0 spiro atoms. The van der Waals surface area contributed by atoms with E-state index in [4.69, 9.17) is 14.2 Å². The second-order valence-corrected chi connectivity index (χ2v) is 8.62. The van der Waals surface area contributed by atoms with Crippen molar-refractivity contribution in [1.82, 2.24) is 0 Å². The van der Waals surface area contributed by atoms with Gasteiger partial charge in [0.2, 0.25) is 0 Å². The first-order valence-electron chi connectivity index (χ1n) is 11.7. The maximum atomic E-state index is 13.5. The molecule has 5 atom stereocenters. The van der Waals surface area contributed by atoms with Crippen LogP contribution in [0.25, 0.3) is 0 Å². The molecule has 3 aromatic carbocycles. The molecule has 0 unspecified atom stereocenters. The van der Waals surface area contributed by atoms with E-state index in [1.807, 2.05) is 91.0 Å². The molecule has 1 aliphatic heterocycles. The van der Waals surface area contributed by atoms with Gasteiger partial charge < -0.3 is 14.2 Å². The molecular formula is C29H32O4. The second-order valence-electron chi connectivity index (χ2n) is 8.62. The fourth-order valence-corrected chi connectivity index (χ4v) is 4.48. The number of Topliss-reactive ketones (excluding diaryl/α,β-unsaturated/α-hetero) is 1. The molecule has 1 aliphatic rings. The summed E-state index contributed by atoms with van der Waals surface area (Å²) in [5, 5.41) is 0. The number of rotatable bonds is 9. The fraction of sp³-hybridized carbons (Fsp3) is 0.345. The van der Waals surface area contributed by atoms with Crippen molar-refractivity contribution in [2.75, 3.05) is 0 Å². The van der Waals surface area contributed by atoms with Crippen molar-refractivity contribution in [2.45, 2.75) is 57.9 Å². The average Bonchev–Trinajstić information content (AvgIpc) is 2.88. The van der Waals surface area contributed by atoms with E-state index in [1.165, 1.54) is 0 Å². The summed E-state index contributed by atoms with van der Waals surface area (Å²) in [5.41, 5.74) is 2.77. The summed E-state index contributed by atoms with van der Waals surface area (Å²) in [6, 6.07) is 29.4. The van der Waals surface area contributed by atoms with Gasteiger partial charge in [0, 0.05) is 11.5 Å². The van der Waals surface area contributed by atoms with Crippen molar-refractivity contribution in [3.63, 3.8) is 0 Å². The monoisotopic (exact) mass is 444 g/mol. The predicted octanol–water partition coefficient (Wildman–Crippen LogP) is 5.85. The van der Waals surface area contributed by atoms with Crippen LogP contribution in [-0.4, -0.2) is 30.2 Å². The number of ether oxygens (including phenoxy) is 3. The van der Waals surface area contributed by atoms with E-state index in [1.54, 1.807) is 0 Å². The number of carbonyl (C=O) groups excluding carboxylic acids is 1. The van der Waals surface area contributed by atoms with E-state index in [-0.39, 0.29) is 23.9 Å². The van der Waals surface area contributed by atoms with Crippen LogP contribution in [0, 0.1) is 5.92 Å². The van der Waals surface area contributed by atoms with E-state index >= 15 is 0 Å². The van der Waals surface area contributed by atoms with Crippen molar-refractivity contribution < 1.29 is 19.0 Å². The topological polar surface area (TPSA) is 44.8 Å². The average molecular weight is 445 g/mol. The molecule has 33 heavy (non-hydrogen) atoms. The summed E-state index contributed by atoms with van der Waals surface area (Å²) in [7, 11) is 0. The minimum Gasteiger partial charge on any atom is -0.370 e. The number of benzene rings is 3. The molecule has 0 amide bonds. The Hall–Kier alpha value is -2.79. The van der Waals surface area contributed by atoms with E-state index in [9.17, 15) is 4.79 Å². The Morgan fingerprint density at radius 3 is 1.76 bits per heavy atom. The first kappa shape index (κ1) is 23.4. The molecule has 0 saturated carbocycles. The van der Waals surface area contributed by atoms with E-state index < -0.39 is 12.2 Å². The first-order valence-corrected chi connectivity index (χ1v) is 11.7. The van der Waals surface area contributed by atoms with Crippen molar-refractivity contribution in [1.29, 1.82) is 0 Å². The third kappa shape index (κ3) is 5.77. The van der Waals surface area contributed by atoms with Crippen LogP contribution in [-0.2, 0) is 27.4 Å². The highest BCUT2D eigenvalue weighted by atomic mass is 16.6. The summed E-state index contributed by atoms with van der Waals surface area (Å²) in [4.78, 5) is 13.5. The van der Waals surface area contributed by atoms with Gasteiger partial charge in [0.05, 0.1) is 25.4 Å². The van der Waals surface area contributed by atoms with Gasteiger partial charge in [-0.15, -0.1) is 0 Å². The highest BCUT2D eigenvalue weighted by Crippen LogP contribution is 2.34. The lowest BCUT2D eigenvalue weighted by Gasteiger charge is -2.45. The molecule has 1 fully saturated rings. The van der Waals surface area contributed by atoms with Gasteiger partial charge in [-0.1, -0.05) is 105 Å². The molecule has 0 radical (unpaired) electrons. The molecule has 0 aromatic heterocycles. The zero-order chi connectivity index (χ0) is 23.0. The van der Waals surface area contributed by atoms with Crippen LogP contribution >= 0.6 is 0 Å². The molecule has 172 valence electrons. The van der Waals surface area contributed by atoms with Gasteiger partial charge >= 0.3 is 0 Å². The lowest BCUT2D eigenvalue weighted by atomic mass is 9.84. The van der Waals surface area contributed by atoms with Crippen molar-refractivity contribution in [3.8, 4) is 0 Å². The Labute approximate surface area is 196 Å². The van der Waals surface area contributed by atoms with Gasteiger partial charge in [0.25, 0.3) is 0 Å². The smallest absolute Gasteiger partial charge is 0.194 e. The summed E-state index contributed by atoms with van der Waals surface area (Å²) in [6.45, 7) is 5.07. The van der Waals surface area contributed by atoms with Crippen LogP contribution in [0.15, 0.2) is 91.0 Å². The van der Waals surface area contributed by atoms with Gasteiger partial charge in [-0.25, -0.2) is 0 Å².